The molecule has 1 heterocycles. The highest BCUT2D eigenvalue weighted by Gasteiger charge is 2.30. The topological polar surface area (TPSA) is 46.5 Å². The van der Waals surface area contributed by atoms with Crippen LogP contribution in [0.1, 0.15) is 42.0 Å². The fourth-order valence-corrected chi connectivity index (χ4v) is 2.28. The van der Waals surface area contributed by atoms with Crippen LogP contribution in [0.2, 0.25) is 0 Å². The van der Waals surface area contributed by atoms with E-state index in [0.717, 1.165) is 34.7 Å². The van der Waals surface area contributed by atoms with Crippen molar-refractivity contribution in [3.63, 3.8) is 0 Å². The minimum Gasteiger partial charge on any atom is -0.496 e. The predicted molar refractivity (Wildman–Crippen MR) is 92.3 cm³/mol. The van der Waals surface area contributed by atoms with Gasteiger partial charge in [0.1, 0.15) is 11.6 Å². The number of pyridine rings is 1. The average molecular weight is 351 g/mol. The van der Waals surface area contributed by atoms with Gasteiger partial charge in [0.2, 0.25) is 0 Å². The van der Waals surface area contributed by atoms with E-state index in [1.54, 1.807) is 13.3 Å². The van der Waals surface area contributed by atoms with E-state index >= 15 is 0 Å². The molecule has 25 heavy (non-hydrogen) atoms. The maximum absolute atomic E-state index is 12.5. The predicted octanol–water partition coefficient (Wildman–Crippen LogP) is 4.99. The van der Waals surface area contributed by atoms with Crippen molar-refractivity contribution in [2.75, 3.05) is 12.5 Å². The minimum atomic E-state index is -4.40. The number of aromatic nitrogens is 1. The van der Waals surface area contributed by atoms with Gasteiger partial charge in [-0.15, -0.1) is 0 Å². The second-order valence-electron chi connectivity index (χ2n) is 5.91. The molecule has 0 aliphatic rings. The number of hydrogen-bond acceptors (Lipinski definition) is 4. The third kappa shape index (κ3) is 4.71. The zero-order valence-corrected chi connectivity index (χ0v) is 14.5. The van der Waals surface area contributed by atoms with Crippen LogP contribution in [-0.2, 0) is 6.18 Å². The van der Waals surface area contributed by atoms with Gasteiger partial charge in [0, 0.05) is 6.20 Å². The molecule has 0 aliphatic heterocycles. The van der Waals surface area contributed by atoms with Crippen LogP contribution in [0, 0.1) is 6.92 Å². The number of aryl methyl sites for hydroxylation is 1. The quantitative estimate of drug-likeness (QED) is 0.610. The van der Waals surface area contributed by atoms with Crippen molar-refractivity contribution >= 4 is 12.0 Å². The summed E-state index contributed by atoms with van der Waals surface area (Å²) in [5.41, 5.74) is 4.77. The molecule has 7 heteroatoms. The van der Waals surface area contributed by atoms with Crippen LogP contribution in [0.15, 0.2) is 35.6 Å². The van der Waals surface area contributed by atoms with Gasteiger partial charge in [-0.1, -0.05) is 13.8 Å². The lowest BCUT2D eigenvalue weighted by atomic mass is 9.97. The van der Waals surface area contributed by atoms with Crippen LogP contribution in [0.3, 0.4) is 0 Å². The van der Waals surface area contributed by atoms with E-state index in [9.17, 15) is 13.2 Å². The van der Waals surface area contributed by atoms with Crippen LogP contribution >= 0.6 is 0 Å². The number of alkyl halides is 3. The fourth-order valence-electron chi connectivity index (χ4n) is 2.28. The molecule has 2 aromatic rings. The SMILES string of the molecule is COc1cc(C)c(/C=N\Nc2ccc(C(F)(F)F)cn2)cc1C(C)C. The van der Waals surface area contributed by atoms with Gasteiger partial charge in [0.05, 0.1) is 18.9 Å². The van der Waals surface area contributed by atoms with Crippen LogP contribution < -0.4 is 10.2 Å². The van der Waals surface area contributed by atoms with E-state index in [2.05, 4.69) is 29.4 Å². The fraction of sp³-hybridized carbons (Fsp3) is 0.333. The number of ether oxygens (including phenoxy) is 1. The molecule has 0 radical (unpaired) electrons. The van der Waals surface area contributed by atoms with Crippen molar-refractivity contribution in [2.24, 2.45) is 5.10 Å². The van der Waals surface area contributed by atoms with E-state index in [1.807, 2.05) is 19.1 Å². The maximum atomic E-state index is 12.5. The van der Waals surface area contributed by atoms with Crippen molar-refractivity contribution in [2.45, 2.75) is 32.9 Å². The van der Waals surface area contributed by atoms with E-state index in [4.69, 9.17) is 4.74 Å². The molecule has 0 spiro atoms. The normalized spacial score (nSPS) is 12.0. The number of benzene rings is 1. The first-order chi connectivity index (χ1) is 11.7. The standard InChI is InChI=1S/C18H20F3N3O/c1-11(2)15-8-13(12(3)7-16(15)25-4)9-23-24-17-6-5-14(10-22-17)18(19,20)21/h5-11H,1-4H3,(H,22,24)/b23-9-. The zero-order chi connectivity index (χ0) is 18.6. The molecule has 0 unspecified atom stereocenters. The first-order valence-electron chi connectivity index (χ1n) is 7.73. The van der Waals surface area contributed by atoms with E-state index < -0.39 is 11.7 Å². The Kier molecular flexibility index (Phi) is 5.66. The summed E-state index contributed by atoms with van der Waals surface area (Å²) in [5, 5.41) is 4.06. The molecule has 0 amide bonds. The van der Waals surface area contributed by atoms with Crippen molar-refractivity contribution in [1.82, 2.24) is 4.98 Å². The summed E-state index contributed by atoms with van der Waals surface area (Å²) in [5.74, 6) is 1.34. The molecule has 0 fully saturated rings. The Hall–Kier alpha value is -2.57. The number of hydrazone groups is 1. The number of nitrogens with one attached hydrogen (secondary N) is 1. The van der Waals surface area contributed by atoms with Crippen molar-refractivity contribution in [3.05, 3.63) is 52.7 Å². The van der Waals surface area contributed by atoms with Crippen molar-refractivity contribution in [1.29, 1.82) is 0 Å². The Labute approximate surface area is 144 Å². The summed E-state index contributed by atoms with van der Waals surface area (Å²) < 4.78 is 42.9. The molecule has 1 N–H and O–H groups in total. The molecule has 4 nitrogen and oxygen atoms in total. The van der Waals surface area contributed by atoms with Gasteiger partial charge < -0.3 is 4.74 Å². The van der Waals surface area contributed by atoms with Gasteiger partial charge in [-0.05, 0) is 53.8 Å². The zero-order valence-electron chi connectivity index (χ0n) is 14.5. The number of rotatable bonds is 5. The van der Waals surface area contributed by atoms with Gasteiger partial charge in [0.15, 0.2) is 0 Å². The summed E-state index contributed by atoms with van der Waals surface area (Å²) in [4.78, 5) is 3.71. The number of methoxy groups -OCH3 is 1. The Morgan fingerprint density at radius 1 is 1.24 bits per heavy atom. The number of nitrogens with zero attached hydrogens (tertiary/aromatic N) is 2. The number of anilines is 1. The Morgan fingerprint density at radius 3 is 2.48 bits per heavy atom. The molecule has 134 valence electrons. The summed E-state index contributed by atoms with van der Waals surface area (Å²) in [6.45, 7) is 6.07. The van der Waals surface area contributed by atoms with Gasteiger partial charge in [-0.2, -0.15) is 18.3 Å². The van der Waals surface area contributed by atoms with Crippen LogP contribution in [0.25, 0.3) is 0 Å². The van der Waals surface area contributed by atoms with Gasteiger partial charge in [-0.3, -0.25) is 5.43 Å². The first kappa shape index (κ1) is 18.8. The summed E-state index contributed by atoms with van der Waals surface area (Å²) >= 11 is 0. The Morgan fingerprint density at radius 2 is 1.96 bits per heavy atom. The maximum Gasteiger partial charge on any atom is 0.417 e. The van der Waals surface area contributed by atoms with Crippen LogP contribution in [0.4, 0.5) is 19.0 Å². The summed E-state index contributed by atoms with van der Waals surface area (Å²) in [6.07, 6.45) is -2.02. The molecule has 1 aromatic heterocycles. The first-order valence-corrected chi connectivity index (χ1v) is 7.73. The second-order valence-corrected chi connectivity index (χ2v) is 5.91. The molecule has 0 aliphatic carbocycles. The molecule has 0 atom stereocenters. The van der Waals surface area contributed by atoms with Gasteiger partial charge in [-0.25, -0.2) is 4.98 Å². The highest BCUT2D eigenvalue weighted by molar-refractivity contribution is 5.83. The molecule has 1 aromatic carbocycles. The highest BCUT2D eigenvalue weighted by Crippen LogP contribution is 2.30. The van der Waals surface area contributed by atoms with Crippen molar-refractivity contribution in [3.8, 4) is 5.75 Å². The molecule has 2 rings (SSSR count). The number of hydrogen-bond donors (Lipinski definition) is 1. The molecular formula is C18H20F3N3O. The van der Waals surface area contributed by atoms with Crippen LogP contribution in [-0.4, -0.2) is 18.3 Å². The molecule has 0 saturated heterocycles. The lowest BCUT2D eigenvalue weighted by molar-refractivity contribution is -0.137. The van der Waals surface area contributed by atoms with E-state index in [0.29, 0.717) is 0 Å². The number of halogens is 3. The Balaban J connectivity index is 2.15. The monoisotopic (exact) mass is 351 g/mol. The van der Waals surface area contributed by atoms with Crippen LogP contribution in [0.5, 0.6) is 5.75 Å². The molecular weight excluding hydrogens is 331 g/mol. The van der Waals surface area contributed by atoms with E-state index in [1.165, 1.54) is 6.07 Å². The van der Waals surface area contributed by atoms with Gasteiger partial charge in [0.25, 0.3) is 0 Å². The highest BCUT2D eigenvalue weighted by atomic mass is 19.4. The lowest BCUT2D eigenvalue weighted by Crippen LogP contribution is -2.05. The second kappa shape index (κ2) is 7.55. The van der Waals surface area contributed by atoms with E-state index in [-0.39, 0.29) is 11.7 Å². The Bertz CT molecular complexity index is 753. The largest absolute Gasteiger partial charge is 0.496 e. The third-order valence-corrected chi connectivity index (χ3v) is 3.71. The average Bonchev–Trinajstić information content (AvgIpc) is 2.55. The summed E-state index contributed by atoms with van der Waals surface area (Å²) in [7, 11) is 1.63. The summed E-state index contributed by atoms with van der Waals surface area (Å²) in [6, 6.07) is 6.12. The third-order valence-electron chi connectivity index (χ3n) is 3.71. The van der Waals surface area contributed by atoms with Gasteiger partial charge >= 0.3 is 6.18 Å². The smallest absolute Gasteiger partial charge is 0.417 e. The van der Waals surface area contributed by atoms with Crippen molar-refractivity contribution < 1.29 is 17.9 Å². The lowest BCUT2D eigenvalue weighted by Gasteiger charge is -2.14. The minimum absolute atomic E-state index is 0.236. The molecule has 0 saturated carbocycles. The molecule has 0 bridgehead atoms.